The second-order valence-corrected chi connectivity index (χ2v) is 6.07. The van der Waals surface area contributed by atoms with Gasteiger partial charge >= 0.3 is 0 Å². The zero-order valence-electron chi connectivity index (χ0n) is 16.3. The molecular weight excluding hydrogens is 349 g/mol. The standard InChI is InChI=1S/C21H26FNO4/c1-5-23(14-16-7-10-19(26-3)20(13-16)27-4)21(24)11-8-15-6-9-18(25-2)17(22)12-15/h6-7,9-10,12-13H,5,8,11,14H2,1-4H3. The van der Waals surface area contributed by atoms with Crippen LogP contribution in [0.3, 0.4) is 0 Å². The molecule has 146 valence electrons. The fraction of sp³-hybridized carbons (Fsp3) is 0.381. The number of carbonyl (C=O) groups excluding carboxylic acids is 1. The Morgan fingerprint density at radius 3 is 2.15 bits per heavy atom. The molecule has 0 aromatic heterocycles. The summed E-state index contributed by atoms with van der Waals surface area (Å²) in [6.07, 6.45) is 0.787. The molecule has 2 aromatic carbocycles. The van der Waals surface area contributed by atoms with Crippen molar-refractivity contribution in [3.63, 3.8) is 0 Å². The number of carbonyl (C=O) groups is 1. The molecule has 5 nitrogen and oxygen atoms in total. The molecule has 0 atom stereocenters. The first kappa shape index (κ1) is 20.6. The Hall–Kier alpha value is -2.76. The molecular formula is C21H26FNO4. The van der Waals surface area contributed by atoms with Gasteiger partial charge in [0, 0.05) is 19.5 Å². The van der Waals surface area contributed by atoms with Crippen LogP contribution in [0.1, 0.15) is 24.5 Å². The summed E-state index contributed by atoms with van der Waals surface area (Å²) in [7, 11) is 4.59. The Kier molecular flexibility index (Phi) is 7.46. The van der Waals surface area contributed by atoms with Crippen LogP contribution in [-0.2, 0) is 17.8 Å². The zero-order valence-corrected chi connectivity index (χ0v) is 16.3. The van der Waals surface area contributed by atoms with Crippen molar-refractivity contribution < 1.29 is 23.4 Å². The number of halogens is 1. The summed E-state index contributed by atoms with van der Waals surface area (Å²) in [4.78, 5) is 14.4. The third-order valence-corrected chi connectivity index (χ3v) is 4.40. The van der Waals surface area contributed by atoms with E-state index in [1.807, 2.05) is 25.1 Å². The summed E-state index contributed by atoms with van der Waals surface area (Å²) in [6, 6.07) is 10.4. The lowest BCUT2D eigenvalue weighted by Crippen LogP contribution is -2.30. The van der Waals surface area contributed by atoms with Crippen molar-refractivity contribution in [3.8, 4) is 17.2 Å². The molecule has 0 heterocycles. The van der Waals surface area contributed by atoms with Crippen LogP contribution >= 0.6 is 0 Å². The first-order chi connectivity index (χ1) is 13.0. The van der Waals surface area contributed by atoms with Crippen LogP contribution < -0.4 is 14.2 Å². The van der Waals surface area contributed by atoms with E-state index in [0.717, 1.165) is 11.1 Å². The Morgan fingerprint density at radius 2 is 1.56 bits per heavy atom. The average molecular weight is 375 g/mol. The van der Waals surface area contributed by atoms with E-state index >= 15 is 0 Å². The maximum atomic E-state index is 13.8. The van der Waals surface area contributed by atoms with Crippen molar-refractivity contribution in [2.24, 2.45) is 0 Å². The van der Waals surface area contributed by atoms with Crippen LogP contribution in [0.25, 0.3) is 0 Å². The van der Waals surface area contributed by atoms with Crippen LogP contribution in [0.5, 0.6) is 17.2 Å². The molecule has 2 aromatic rings. The summed E-state index contributed by atoms with van der Waals surface area (Å²) in [5.74, 6) is 1.08. The highest BCUT2D eigenvalue weighted by Crippen LogP contribution is 2.28. The van der Waals surface area contributed by atoms with E-state index in [1.54, 1.807) is 31.3 Å². The normalized spacial score (nSPS) is 10.4. The number of nitrogens with zero attached hydrogens (tertiary/aromatic N) is 1. The van der Waals surface area contributed by atoms with Crippen molar-refractivity contribution in [1.29, 1.82) is 0 Å². The molecule has 0 bridgehead atoms. The van der Waals surface area contributed by atoms with Crippen molar-refractivity contribution in [1.82, 2.24) is 4.90 Å². The van der Waals surface area contributed by atoms with Gasteiger partial charge in [-0.1, -0.05) is 12.1 Å². The number of methoxy groups -OCH3 is 3. The molecule has 0 saturated heterocycles. The molecule has 0 aliphatic heterocycles. The van der Waals surface area contributed by atoms with Gasteiger partial charge in [0.1, 0.15) is 0 Å². The van der Waals surface area contributed by atoms with E-state index in [0.29, 0.717) is 37.4 Å². The average Bonchev–Trinajstić information content (AvgIpc) is 2.70. The monoisotopic (exact) mass is 375 g/mol. The van der Waals surface area contributed by atoms with E-state index in [-0.39, 0.29) is 11.7 Å². The van der Waals surface area contributed by atoms with Crippen LogP contribution in [-0.4, -0.2) is 38.7 Å². The minimum absolute atomic E-state index is 0.0171. The van der Waals surface area contributed by atoms with E-state index in [1.165, 1.54) is 13.2 Å². The third-order valence-electron chi connectivity index (χ3n) is 4.40. The van der Waals surface area contributed by atoms with Gasteiger partial charge in [0.2, 0.25) is 5.91 Å². The Bertz CT molecular complexity index is 779. The lowest BCUT2D eigenvalue weighted by molar-refractivity contribution is -0.131. The van der Waals surface area contributed by atoms with Gasteiger partial charge in [-0.25, -0.2) is 4.39 Å². The molecule has 27 heavy (non-hydrogen) atoms. The van der Waals surface area contributed by atoms with E-state index in [9.17, 15) is 9.18 Å². The summed E-state index contributed by atoms with van der Waals surface area (Å²) in [6.45, 7) is 3.00. The fourth-order valence-corrected chi connectivity index (χ4v) is 2.85. The van der Waals surface area contributed by atoms with Gasteiger partial charge in [-0.2, -0.15) is 0 Å². The van der Waals surface area contributed by atoms with Gasteiger partial charge in [-0.3, -0.25) is 4.79 Å². The summed E-state index contributed by atoms with van der Waals surface area (Å²) < 4.78 is 29.2. The van der Waals surface area contributed by atoms with Gasteiger partial charge in [-0.15, -0.1) is 0 Å². The number of rotatable bonds is 9. The van der Waals surface area contributed by atoms with Crippen LogP contribution in [0.2, 0.25) is 0 Å². The molecule has 0 unspecified atom stereocenters. The predicted octanol–water partition coefficient (Wildman–Crippen LogP) is 3.83. The maximum Gasteiger partial charge on any atom is 0.223 e. The summed E-state index contributed by atoms with van der Waals surface area (Å²) >= 11 is 0. The van der Waals surface area contributed by atoms with Crippen LogP contribution in [0.15, 0.2) is 36.4 Å². The molecule has 0 saturated carbocycles. The highest BCUT2D eigenvalue weighted by molar-refractivity contribution is 5.76. The van der Waals surface area contributed by atoms with Crippen molar-refractivity contribution in [3.05, 3.63) is 53.3 Å². The van der Waals surface area contributed by atoms with Gasteiger partial charge in [0.15, 0.2) is 23.1 Å². The number of hydrogen-bond donors (Lipinski definition) is 0. The van der Waals surface area contributed by atoms with Gasteiger partial charge in [0.25, 0.3) is 0 Å². The first-order valence-electron chi connectivity index (χ1n) is 8.83. The Morgan fingerprint density at radius 1 is 0.926 bits per heavy atom. The highest BCUT2D eigenvalue weighted by Gasteiger charge is 2.14. The van der Waals surface area contributed by atoms with Crippen molar-refractivity contribution in [2.75, 3.05) is 27.9 Å². The topological polar surface area (TPSA) is 48.0 Å². The van der Waals surface area contributed by atoms with Crippen LogP contribution in [0, 0.1) is 5.82 Å². The quantitative estimate of drug-likeness (QED) is 0.668. The molecule has 0 spiro atoms. The van der Waals surface area contributed by atoms with Gasteiger partial charge < -0.3 is 19.1 Å². The van der Waals surface area contributed by atoms with E-state index < -0.39 is 5.82 Å². The zero-order chi connectivity index (χ0) is 19.8. The van der Waals surface area contributed by atoms with Gasteiger partial charge in [0.05, 0.1) is 21.3 Å². The minimum atomic E-state index is -0.417. The first-order valence-corrected chi connectivity index (χ1v) is 8.83. The SMILES string of the molecule is CCN(Cc1ccc(OC)c(OC)c1)C(=O)CCc1ccc(OC)c(F)c1. The lowest BCUT2D eigenvalue weighted by Gasteiger charge is -2.22. The number of hydrogen-bond acceptors (Lipinski definition) is 4. The lowest BCUT2D eigenvalue weighted by atomic mass is 10.1. The van der Waals surface area contributed by atoms with Crippen molar-refractivity contribution >= 4 is 5.91 Å². The molecule has 0 aliphatic rings. The fourth-order valence-electron chi connectivity index (χ4n) is 2.85. The molecule has 1 amide bonds. The van der Waals surface area contributed by atoms with E-state index in [4.69, 9.17) is 14.2 Å². The second kappa shape index (κ2) is 9.80. The Balaban J connectivity index is 2.00. The molecule has 0 aliphatic carbocycles. The third kappa shape index (κ3) is 5.36. The number of amides is 1. The number of ether oxygens (including phenoxy) is 3. The molecule has 0 N–H and O–H groups in total. The number of aryl methyl sites for hydroxylation is 1. The van der Waals surface area contributed by atoms with Crippen LogP contribution in [0.4, 0.5) is 4.39 Å². The van der Waals surface area contributed by atoms with Gasteiger partial charge in [-0.05, 0) is 48.7 Å². The summed E-state index contributed by atoms with van der Waals surface area (Å²) in [5.41, 5.74) is 1.72. The molecule has 6 heteroatoms. The molecule has 0 radical (unpaired) electrons. The molecule has 2 rings (SSSR count). The summed E-state index contributed by atoms with van der Waals surface area (Å²) in [5, 5.41) is 0. The highest BCUT2D eigenvalue weighted by atomic mass is 19.1. The largest absolute Gasteiger partial charge is 0.494 e. The minimum Gasteiger partial charge on any atom is -0.494 e. The van der Waals surface area contributed by atoms with Crippen molar-refractivity contribution in [2.45, 2.75) is 26.3 Å². The Labute approximate surface area is 159 Å². The second-order valence-electron chi connectivity index (χ2n) is 6.07. The smallest absolute Gasteiger partial charge is 0.223 e. The predicted molar refractivity (Wildman–Crippen MR) is 102 cm³/mol. The molecule has 0 fully saturated rings. The van der Waals surface area contributed by atoms with E-state index in [2.05, 4.69) is 0 Å². The maximum absolute atomic E-state index is 13.8. The number of benzene rings is 2.